The van der Waals surface area contributed by atoms with Crippen molar-refractivity contribution in [3.8, 4) is 11.5 Å². The van der Waals surface area contributed by atoms with Crippen LogP contribution in [0.3, 0.4) is 0 Å². The lowest BCUT2D eigenvalue weighted by molar-refractivity contribution is -0.139. The number of thiazole rings is 1. The van der Waals surface area contributed by atoms with Gasteiger partial charge in [-0.15, -0.1) is 0 Å². The molecule has 5 rings (SSSR count). The number of aromatic nitrogens is 1. The van der Waals surface area contributed by atoms with E-state index < -0.39 is 12.0 Å². The average molecular weight is 641 g/mol. The number of hydrogen-bond donors (Lipinski definition) is 0. The molecule has 10 heteroatoms. The van der Waals surface area contributed by atoms with Crippen LogP contribution < -0.4 is 24.4 Å². The van der Waals surface area contributed by atoms with Gasteiger partial charge in [0.25, 0.3) is 5.56 Å². The minimum absolute atomic E-state index is 0.125. The van der Waals surface area contributed by atoms with E-state index in [0.29, 0.717) is 55.4 Å². The number of esters is 2. The first-order valence-corrected chi connectivity index (χ1v) is 16.0. The van der Waals surface area contributed by atoms with Crippen molar-refractivity contribution in [1.82, 2.24) is 4.57 Å². The molecule has 1 aromatic heterocycles. The first-order chi connectivity index (χ1) is 22.2. The van der Waals surface area contributed by atoms with Crippen LogP contribution in [0.1, 0.15) is 67.7 Å². The molecule has 3 aromatic carbocycles. The molecule has 1 aliphatic heterocycles. The van der Waals surface area contributed by atoms with E-state index in [1.54, 1.807) is 43.5 Å². The van der Waals surface area contributed by atoms with Crippen molar-refractivity contribution < 1.29 is 28.5 Å². The lowest BCUT2D eigenvalue weighted by Crippen LogP contribution is -2.40. The van der Waals surface area contributed by atoms with E-state index >= 15 is 0 Å². The third kappa shape index (κ3) is 6.97. The van der Waals surface area contributed by atoms with Crippen LogP contribution in [-0.4, -0.2) is 35.8 Å². The topological polar surface area (TPSA) is 105 Å². The summed E-state index contributed by atoms with van der Waals surface area (Å²) in [4.78, 5) is 44.6. The summed E-state index contributed by atoms with van der Waals surface area (Å²) in [6, 6.07) is 21.1. The molecule has 0 aliphatic carbocycles. The molecule has 0 saturated carbocycles. The van der Waals surface area contributed by atoms with Gasteiger partial charge in [-0.1, -0.05) is 59.9 Å². The molecule has 0 bridgehead atoms. The van der Waals surface area contributed by atoms with Crippen molar-refractivity contribution in [2.45, 2.75) is 53.4 Å². The van der Waals surface area contributed by atoms with E-state index in [0.717, 1.165) is 5.56 Å². The normalized spacial score (nSPS) is 14.5. The summed E-state index contributed by atoms with van der Waals surface area (Å²) in [5, 5.41) is 0. The van der Waals surface area contributed by atoms with Crippen molar-refractivity contribution >= 4 is 29.4 Å². The second-order valence-electron chi connectivity index (χ2n) is 10.8. The van der Waals surface area contributed by atoms with Gasteiger partial charge in [0.15, 0.2) is 4.80 Å². The van der Waals surface area contributed by atoms with Gasteiger partial charge >= 0.3 is 11.9 Å². The van der Waals surface area contributed by atoms with Crippen molar-refractivity contribution in [1.29, 1.82) is 0 Å². The predicted molar refractivity (Wildman–Crippen MR) is 176 cm³/mol. The molecule has 238 valence electrons. The summed E-state index contributed by atoms with van der Waals surface area (Å²) in [5.74, 6) is 0.252. The van der Waals surface area contributed by atoms with E-state index in [1.165, 1.54) is 11.3 Å². The number of ether oxygens (including phenoxy) is 4. The van der Waals surface area contributed by atoms with Crippen molar-refractivity contribution in [3.05, 3.63) is 126 Å². The van der Waals surface area contributed by atoms with E-state index in [2.05, 4.69) is 4.99 Å². The first-order valence-electron chi connectivity index (χ1n) is 15.1. The van der Waals surface area contributed by atoms with Gasteiger partial charge in [0.1, 0.15) is 24.1 Å². The smallest absolute Gasteiger partial charge is 0.338 e. The minimum Gasteiger partial charge on any atom is -0.491 e. The Kier molecular flexibility index (Phi) is 10.2. The number of fused-ring (bicyclic) bond motifs is 1. The van der Waals surface area contributed by atoms with Gasteiger partial charge in [-0.05, 0) is 70.5 Å². The van der Waals surface area contributed by atoms with Crippen LogP contribution in [0.25, 0.3) is 6.08 Å². The summed E-state index contributed by atoms with van der Waals surface area (Å²) in [6.45, 7) is 9.86. The molecule has 9 nitrogen and oxygen atoms in total. The van der Waals surface area contributed by atoms with Crippen LogP contribution in [0.2, 0.25) is 0 Å². The van der Waals surface area contributed by atoms with Crippen LogP contribution >= 0.6 is 11.3 Å². The molecule has 0 amide bonds. The quantitative estimate of drug-likeness (QED) is 0.204. The molecule has 0 saturated heterocycles. The van der Waals surface area contributed by atoms with E-state index in [-0.39, 0.29) is 30.8 Å². The van der Waals surface area contributed by atoms with Crippen molar-refractivity contribution in [2.24, 2.45) is 4.99 Å². The van der Waals surface area contributed by atoms with Gasteiger partial charge in [-0.25, -0.2) is 14.6 Å². The van der Waals surface area contributed by atoms with Gasteiger partial charge in [0.05, 0.1) is 40.7 Å². The molecule has 0 radical (unpaired) electrons. The summed E-state index contributed by atoms with van der Waals surface area (Å²) < 4.78 is 24.8. The van der Waals surface area contributed by atoms with E-state index in [1.807, 2.05) is 74.5 Å². The maximum Gasteiger partial charge on any atom is 0.338 e. The molecule has 46 heavy (non-hydrogen) atoms. The molecule has 0 spiro atoms. The second-order valence-corrected chi connectivity index (χ2v) is 11.8. The Hall–Kier alpha value is -4.96. The number of benzene rings is 3. The standard InChI is InChI=1S/C36H36N2O7S/c1-6-42-34(40)25-18-16-24(17-19-25)21-44-28-14-10-8-12-26(28)20-30-33(39)38-32(27-13-9-11-15-29(27)45-22(3)4)31(35(41)43-7-2)23(5)37-36(38)46-30/h8-20,22,32H,6-7,21H2,1-5H3/b30-20-/t32-/m0/s1. The van der Waals surface area contributed by atoms with Crippen LogP contribution in [0.4, 0.5) is 0 Å². The predicted octanol–water partition coefficient (Wildman–Crippen LogP) is 5.34. The molecule has 1 atom stereocenters. The molecular formula is C36H36N2O7S. The Morgan fingerprint density at radius 3 is 2.26 bits per heavy atom. The third-order valence-corrected chi connectivity index (χ3v) is 8.14. The van der Waals surface area contributed by atoms with Crippen LogP contribution in [0.15, 0.2) is 93.9 Å². The lowest BCUT2D eigenvalue weighted by atomic mass is 9.95. The Morgan fingerprint density at radius 1 is 0.913 bits per heavy atom. The monoisotopic (exact) mass is 640 g/mol. The van der Waals surface area contributed by atoms with Gasteiger partial charge in [0, 0.05) is 11.1 Å². The number of para-hydroxylation sites is 2. The largest absolute Gasteiger partial charge is 0.491 e. The Bertz CT molecular complexity index is 1950. The number of allylic oxidation sites excluding steroid dienone is 1. The highest BCUT2D eigenvalue weighted by Gasteiger charge is 2.35. The second kappa shape index (κ2) is 14.4. The summed E-state index contributed by atoms with van der Waals surface area (Å²) in [7, 11) is 0. The molecule has 0 N–H and O–H groups in total. The Balaban J connectivity index is 1.54. The zero-order valence-electron chi connectivity index (χ0n) is 26.4. The number of nitrogens with zero attached hydrogens (tertiary/aromatic N) is 2. The van der Waals surface area contributed by atoms with Crippen LogP contribution in [0.5, 0.6) is 11.5 Å². The maximum atomic E-state index is 14.2. The summed E-state index contributed by atoms with van der Waals surface area (Å²) >= 11 is 1.24. The third-order valence-electron chi connectivity index (χ3n) is 7.16. The van der Waals surface area contributed by atoms with Gasteiger partial charge in [-0.3, -0.25) is 9.36 Å². The Labute approximate surface area is 271 Å². The zero-order valence-corrected chi connectivity index (χ0v) is 27.3. The molecule has 2 heterocycles. The first kappa shape index (κ1) is 32.4. The molecular weight excluding hydrogens is 604 g/mol. The minimum atomic E-state index is -0.795. The highest BCUT2D eigenvalue weighted by molar-refractivity contribution is 7.07. The Morgan fingerprint density at radius 2 is 1.57 bits per heavy atom. The van der Waals surface area contributed by atoms with Crippen molar-refractivity contribution in [3.63, 3.8) is 0 Å². The number of carbonyl (C=O) groups is 2. The molecule has 1 aliphatic rings. The zero-order chi connectivity index (χ0) is 32.8. The van der Waals surface area contributed by atoms with Gasteiger partial charge in [0.2, 0.25) is 0 Å². The number of carbonyl (C=O) groups excluding carboxylic acids is 2. The summed E-state index contributed by atoms with van der Waals surface area (Å²) in [6.07, 6.45) is 1.65. The average Bonchev–Trinajstić information content (AvgIpc) is 3.34. The lowest BCUT2D eigenvalue weighted by Gasteiger charge is -2.26. The van der Waals surface area contributed by atoms with E-state index in [4.69, 9.17) is 18.9 Å². The van der Waals surface area contributed by atoms with Crippen molar-refractivity contribution in [2.75, 3.05) is 13.2 Å². The fourth-order valence-corrected chi connectivity index (χ4v) is 6.18. The SMILES string of the molecule is CCOC(=O)C1=C(C)N=c2s/c(=C\c3ccccc3OCc3ccc(C(=O)OCC)cc3)c(=O)n2[C@H]1c1ccccc1OC(C)C. The molecule has 0 unspecified atom stereocenters. The van der Waals surface area contributed by atoms with Crippen LogP contribution in [0, 0.1) is 0 Å². The number of hydrogen-bond acceptors (Lipinski definition) is 9. The summed E-state index contributed by atoms with van der Waals surface area (Å²) in [5.41, 5.74) is 3.18. The maximum absolute atomic E-state index is 14.2. The molecule has 4 aromatic rings. The highest BCUT2D eigenvalue weighted by Crippen LogP contribution is 2.36. The van der Waals surface area contributed by atoms with Gasteiger partial charge in [-0.2, -0.15) is 0 Å². The van der Waals surface area contributed by atoms with Gasteiger partial charge < -0.3 is 18.9 Å². The fourth-order valence-electron chi connectivity index (χ4n) is 5.14. The van der Waals surface area contributed by atoms with E-state index in [9.17, 15) is 14.4 Å². The fraction of sp³-hybridized carbons (Fsp3) is 0.278. The molecule has 0 fully saturated rings. The number of rotatable bonds is 11. The highest BCUT2D eigenvalue weighted by atomic mass is 32.1. The van der Waals surface area contributed by atoms with Crippen LogP contribution in [-0.2, 0) is 20.9 Å².